The molecule has 0 aromatic rings. The van der Waals surface area contributed by atoms with Crippen LogP contribution in [0, 0.1) is 0 Å². The van der Waals surface area contributed by atoms with E-state index in [2.05, 4.69) is 15.5 Å². The van der Waals surface area contributed by atoms with Gasteiger partial charge >= 0.3 is 5.97 Å². The first kappa shape index (κ1) is 11.5. The molecule has 0 aliphatic carbocycles. The number of halogens is 1. The van der Waals surface area contributed by atoms with Crippen LogP contribution in [0.25, 0.3) is 0 Å². The van der Waals surface area contributed by atoms with Crippen LogP contribution in [-0.2, 0) is 14.4 Å². The summed E-state index contributed by atoms with van der Waals surface area (Å²) in [4.78, 5) is 14.5. The Morgan fingerprint density at radius 2 is 2.22 bits per heavy atom. The van der Waals surface area contributed by atoms with Crippen molar-refractivity contribution < 1.29 is 32.7 Å². The monoisotopic (exact) mass is 155 g/mol. The van der Waals surface area contributed by atoms with Gasteiger partial charge in [-0.1, -0.05) is 0 Å². The first-order valence-electron chi connectivity index (χ1n) is 2.33. The van der Waals surface area contributed by atoms with Gasteiger partial charge in [0.25, 0.3) is 0 Å². The average molecular weight is 156 g/mol. The maximum atomic E-state index is 10.3. The first-order chi connectivity index (χ1) is 3.81. The second kappa shape index (κ2) is 7.68. The van der Waals surface area contributed by atoms with E-state index in [1.807, 2.05) is 0 Å². The molecule has 0 rings (SSSR count). The van der Waals surface area contributed by atoms with Crippen molar-refractivity contribution >= 4 is 5.97 Å². The Balaban J connectivity index is 0. The van der Waals surface area contributed by atoms with Crippen LogP contribution in [0.1, 0.15) is 6.92 Å². The summed E-state index contributed by atoms with van der Waals surface area (Å²) in [5.74, 6) is 2.63. The summed E-state index contributed by atoms with van der Waals surface area (Å²) in [5.41, 5.74) is 0. The van der Waals surface area contributed by atoms with Gasteiger partial charge < -0.3 is 17.1 Å². The Labute approximate surface area is 59.7 Å². The molecule has 9 heavy (non-hydrogen) atoms. The van der Waals surface area contributed by atoms with Crippen molar-refractivity contribution in [2.24, 2.45) is 0 Å². The molecule has 0 saturated carbocycles. The maximum Gasteiger partial charge on any atom is 0.338 e. The number of hydrogen-bond donors (Lipinski definition) is 1. The van der Waals surface area contributed by atoms with Crippen molar-refractivity contribution in [1.82, 2.24) is 0 Å². The molecule has 0 saturated heterocycles. The fraction of sp³-hybridized carbons (Fsp3) is 0.750. The van der Waals surface area contributed by atoms with E-state index in [-0.39, 0.29) is 25.0 Å². The predicted octanol–water partition coefficient (Wildman–Crippen LogP) is -4.27. The van der Waals surface area contributed by atoms with E-state index in [0.717, 1.165) is 0 Å². The third-order valence-corrected chi connectivity index (χ3v) is 0.525. The van der Waals surface area contributed by atoms with Crippen molar-refractivity contribution in [3.05, 3.63) is 0 Å². The molecule has 3 N–H and O–H groups in total. The standard InChI is InChI=1S/C4H10NO3.ClH/c1-2-7-4(6)3-8-5;/h2-3H2,1,5H3;1H/q+1;/p-1. The number of hydrogen-bond acceptors (Lipinski definition) is 3. The van der Waals surface area contributed by atoms with Gasteiger partial charge in [0.05, 0.1) is 6.61 Å². The molecule has 0 amide bonds. The summed E-state index contributed by atoms with van der Waals surface area (Å²) >= 11 is 0. The van der Waals surface area contributed by atoms with E-state index in [1.165, 1.54) is 0 Å². The highest BCUT2D eigenvalue weighted by Crippen LogP contribution is 1.74. The molecule has 0 aliphatic rings. The van der Waals surface area contributed by atoms with E-state index < -0.39 is 0 Å². The van der Waals surface area contributed by atoms with Crippen LogP contribution in [0.15, 0.2) is 0 Å². The zero-order chi connectivity index (χ0) is 6.41. The normalized spacial score (nSPS) is 7.78. The third-order valence-electron chi connectivity index (χ3n) is 0.525. The molecule has 0 aromatic carbocycles. The van der Waals surface area contributed by atoms with Crippen LogP contribution in [0.3, 0.4) is 0 Å². The van der Waals surface area contributed by atoms with Gasteiger partial charge in [-0.15, -0.1) is 0 Å². The molecular weight excluding hydrogens is 146 g/mol. The molecule has 56 valence electrons. The minimum atomic E-state index is -0.373. The van der Waals surface area contributed by atoms with Gasteiger partial charge in [0, 0.05) is 0 Å². The number of rotatable bonds is 3. The number of carbonyl (C=O) groups excluding carboxylic acids is 1. The SMILES string of the molecule is CCOC(=O)CO[NH3+].[Cl-]. The van der Waals surface area contributed by atoms with Crippen molar-refractivity contribution in [1.29, 1.82) is 0 Å². The molecule has 0 radical (unpaired) electrons. The van der Waals surface area contributed by atoms with Crippen molar-refractivity contribution in [3.63, 3.8) is 0 Å². The summed E-state index contributed by atoms with van der Waals surface area (Å²) in [7, 11) is 0. The van der Waals surface area contributed by atoms with E-state index in [4.69, 9.17) is 0 Å². The maximum absolute atomic E-state index is 10.3. The van der Waals surface area contributed by atoms with Crippen LogP contribution < -0.4 is 18.3 Å². The van der Waals surface area contributed by atoms with Crippen LogP contribution in [0.4, 0.5) is 0 Å². The molecule has 5 heteroatoms. The fourth-order valence-electron chi connectivity index (χ4n) is 0.286. The average Bonchev–Trinajstić information content (AvgIpc) is 1.68. The van der Waals surface area contributed by atoms with Gasteiger partial charge in [-0.2, -0.15) is 4.84 Å². The molecule has 0 aliphatic heterocycles. The van der Waals surface area contributed by atoms with Gasteiger partial charge in [0.15, 0.2) is 0 Å². The molecule has 0 unspecified atom stereocenters. The largest absolute Gasteiger partial charge is 1.00 e. The molecule has 0 bridgehead atoms. The van der Waals surface area contributed by atoms with Crippen LogP contribution >= 0.6 is 0 Å². The molecule has 4 nitrogen and oxygen atoms in total. The van der Waals surface area contributed by atoms with Crippen molar-refractivity contribution in [3.8, 4) is 0 Å². The van der Waals surface area contributed by atoms with Crippen molar-refractivity contribution in [2.75, 3.05) is 13.2 Å². The number of quaternary nitrogens is 1. The van der Waals surface area contributed by atoms with E-state index >= 15 is 0 Å². The Morgan fingerprint density at radius 1 is 1.67 bits per heavy atom. The van der Waals surface area contributed by atoms with Gasteiger partial charge in [-0.05, 0) is 6.92 Å². The summed E-state index contributed by atoms with van der Waals surface area (Å²) in [6, 6.07) is 0. The highest BCUT2D eigenvalue weighted by atomic mass is 35.5. The summed E-state index contributed by atoms with van der Waals surface area (Å²) < 4.78 is 4.48. The molecule has 0 aromatic heterocycles. The van der Waals surface area contributed by atoms with E-state index in [9.17, 15) is 4.79 Å². The van der Waals surface area contributed by atoms with Gasteiger partial charge in [-0.3, -0.25) is 0 Å². The number of ether oxygens (including phenoxy) is 1. The lowest BCUT2D eigenvalue weighted by Gasteiger charge is -1.95. The second-order valence-electron chi connectivity index (χ2n) is 1.15. The Kier molecular flexibility index (Phi) is 9.79. The fourth-order valence-corrected chi connectivity index (χ4v) is 0.286. The van der Waals surface area contributed by atoms with E-state index in [1.54, 1.807) is 6.92 Å². The quantitative estimate of drug-likeness (QED) is 0.332. The topological polar surface area (TPSA) is 63.2 Å². The minimum absolute atomic E-state index is 0. The van der Waals surface area contributed by atoms with E-state index in [0.29, 0.717) is 6.61 Å². The third kappa shape index (κ3) is 7.68. The van der Waals surface area contributed by atoms with Gasteiger partial charge in [-0.25, -0.2) is 10.7 Å². The summed E-state index contributed by atoms with van der Waals surface area (Å²) in [5, 5.41) is 0. The second-order valence-corrected chi connectivity index (χ2v) is 1.15. The highest BCUT2D eigenvalue weighted by molar-refractivity contribution is 5.70. The number of esters is 1. The zero-order valence-electron chi connectivity index (χ0n) is 5.22. The summed E-state index contributed by atoms with van der Waals surface area (Å²) in [6.45, 7) is 2.07. The smallest absolute Gasteiger partial charge is 0.338 e. The Bertz CT molecular complexity index is 70.2. The predicted molar refractivity (Wildman–Crippen MR) is 25.5 cm³/mol. The van der Waals surface area contributed by atoms with Crippen LogP contribution in [-0.4, -0.2) is 19.2 Å². The molecule has 0 fully saturated rings. The number of carbonyl (C=O) groups is 1. The first-order valence-corrected chi connectivity index (χ1v) is 2.33. The Hall–Kier alpha value is -0.320. The highest BCUT2D eigenvalue weighted by Gasteiger charge is 1.98. The Morgan fingerprint density at radius 3 is 2.56 bits per heavy atom. The molecule has 0 heterocycles. The van der Waals surface area contributed by atoms with Gasteiger partial charge in [0.2, 0.25) is 6.61 Å². The van der Waals surface area contributed by atoms with Crippen LogP contribution in [0.5, 0.6) is 0 Å². The lowest BCUT2D eigenvalue weighted by Crippen LogP contribution is -3.00. The lowest BCUT2D eigenvalue weighted by molar-refractivity contribution is -0.685. The molecular formula is C4H10ClNO3. The lowest BCUT2D eigenvalue weighted by atomic mass is 10.7. The zero-order valence-corrected chi connectivity index (χ0v) is 5.98. The molecule has 0 spiro atoms. The van der Waals surface area contributed by atoms with Crippen LogP contribution in [0.2, 0.25) is 0 Å². The summed E-state index contributed by atoms with van der Waals surface area (Å²) in [6.07, 6.45) is 0. The minimum Gasteiger partial charge on any atom is -1.00 e. The van der Waals surface area contributed by atoms with Gasteiger partial charge in [0.1, 0.15) is 0 Å². The van der Waals surface area contributed by atoms with Crippen molar-refractivity contribution in [2.45, 2.75) is 6.92 Å². The molecule has 0 atom stereocenters.